The fourth-order valence-corrected chi connectivity index (χ4v) is 5.43. The monoisotopic (exact) mass is 670 g/mol. The lowest BCUT2D eigenvalue weighted by Gasteiger charge is -2.12. The summed E-state index contributed by atoms with van der Waals surface area (Å²) in [6.07, 6.45) is 6.99. The summed E-state index contributed by atoms with van der Waals surface area (Å²) in [7, 11) is 3.20. The maximum atomic E-state index is 13.4. The van der Waals surface area contributed by atoms with Gasteiger partial charge in [-0.2, -0.15) is 5.10 Å². The number of benzene rings is 2. The van der Waals surface area contributed by atoms with E-state index in [0.717, 1.165) is 0 Å². The zero-order chi connectivity index (χ0) is 35.2. The molecule has 49 heavy (non-hydrogen) atoms. The van der Waals surface area contributed by atoms with Crippen LogP contribution in [0.15, 0.2) is 54.6 Å². The van der Waals surface area contributed by atoms with Crippen molar-refractivity contribution in [1.29, 1.82) is 0 Å². The molecule has 0 saturated carbocycles. The molecule has 2 aromatic carbocycles. The molecule has 0 atom stereocenters. The zero-order valence-electron chi connectivity index (χ0n) is 27.6. The van der Waals surface area contributed by atoms with E-state index < -0.39 is 17.7 Å². The number of carbonyl (C=O) groups excluding carboxylic acids is 3. The Morgan fingerprint density at radius 2 is 1.47 bits per heavy atom. The number of amides is 3. The summed E-state index contributed by atoms with van der Waals surface area (Å²) < 4.78 is 16.8. The van der Waals surface area contributed by atoms with Gasteiger partial charge < -0.3 is 40.5 Å². The maximum absolute atomic E-state index is 13.4. The topological polar surface area (TPSA) is 219 Å². The van der Waals surface area contributed by atoms with Crippen molar-refractivity contribution in [3.05, 3.63) is 77.2 Å². The van der Waals surface area contributed by atoms with Gasteiger partial charge in [0.05, 0.1) is 30.4 Å². The van der Waals surface area contributed by atoms with Gasteiger partial charge in [-0.3, -0.25) is 24.4 Å². The number of allylic oxidation sites excluding steroid dienone is 2. The van der Waals surface area contributed by atoms with Crippen LogP contribution in [0, 0.1) is 6.92 Å². The molecule has 0 radical (unpaired) electrons. The van der Waals surface area contributed by atoms with Crippen molar-refractivity contribution in [2.45, 2.75) is 33.5 Å². The second-order valence-electron chi connectivity index (χ2n) is 10.8. The van der Waals surface area contributed by atoms with Gasteiger partial charge in [0.1, 0.15) is 34.8 Å². The summed E-state index contributed by atoms with van der Waals surface area (Å²) in [4.78, 5) is 46.8. The number of aliphatic hydroxyl groups is 1. The smallest absolute Gasteiger partial charge is 0.276 e. The molecule has 0 fully saturated rings. The SMILES string of the molecule is CCn1nc(C)cc1C(=O)Nc1nc2cc(C(N)=O)cc(OC)c2n1C/C=C/Cn1c(NC)nc2cc(C(N)=O)cc(OC/C=C/CO)c21. The molecular weight excluding hydrogens is 632 g/mol. The number of aromatic nitrogens is 6. The van der Waals surface area contributed by atoms with Gasteiger partial charge in [-0.15, -0.1) is 0 Å². The minimum Gasteiger partial charge on any atom is -0.494 e. The van der Waals surface area contributed by atoms with E-state index in [9.17, 15) is 14.4 Å². The molecule has 0 aliphatic carbocycles. The Balaban J connectivity index is 1.52. The highest BCUT2D eigenvalue weighted by Crippen LogP contribution is 2.32. The number of carbonyl (C=O) groups is 3. The summed E-state index contributed by atoms with van der Waals surface area (Å²) in [6, 6.07) is 7.93. The molecule has 0 saturated heterocycles. The number of nitrogens with zero attached hydrogens (tertiary/aromatic N) is 6. The van der Waals surface area contributed by atoms with Gasteiger partial charge in [-0.05, 0) is 50.3 Å². The van der Waals surface area contributed by atoms with Gasteiger partial charge in [0.2, 0.25) is 23.7 Å². The third-order valence-corrected chi connectivity index (χ3v) is 7.64. The van der Waals surface area contributed by atoms with Crippen molar-refractivity contribution in [3.8, 4) is 11.5 Å². The first-order chi connectivity index (χ1) is 23.6. The van der Waals surface area contributed by atoms with Crippen molar-refractivity contribution in [2.75, 3.05) is 38.0 Å². The second-order valence-corrected chi connectivity index (χ2v) is 10.8. The Morgan fingerprint density at radius 3 is 2.04 bits per heavy atom. The molecule has 0 bridgehead atoms. The quantitative estimate of drug-likeness (QED) is 0.103. The number of primary amides is 2. The summed E-state index contributed by atoms with van der Waals surface area (Å²) in [5, 5.41) is 19.4. The summed E-state index contributed by atoms with van der Waals surface area (Å²) >= 11 is 0. The number of methoxy groups -OCH3 is 1. The highest BCUT2D eigenvalue weighted by atomic mass is 16.5. The molecule has 0 aliphatic rings. The molecule has 0 aliphatic heterocycles. The van der Waals surface area contributed by atoms with Gasteiger partial charge >= 0.3 is 0 Å². The third-order valence-electron chi connectivity index (χ3n) is 7.64. The Labute approximate surface area is 281 Å². The molecule has 0 spiro atoms. The highest BCUT2D eigenvalue weighted by Gasteiger charge is 2.22. The van der Waals surface area contributed by atoms with Gasteiger partial charge in [0.15, 0.2) is 0 Å². The molecule has 3 heterocycles. The lowest BCUT2D eigenvalue weighted by molar-refractivity contribution is 0.0991. The number of fused-ring (bicyclic) bond motifs is 2. The second kappa shape index (κ2) is 14.7. The third kappa shape index (κ3) is 7.08. The van der Waals surface area contributed by atoms with Gasteiger partial charge in [0.25, 0.3) is 5.91 Å². The van der Waals surface area contributed by atoms with E-state index >= 15 is 0 Å². The number of imidazole rings is 2. The number of hydrogen-bond acceptors (Lipinski definition) is 10. The molecule has 0 unspecified atom stereocenters. The average Bonchev–Trinajstić information content (AvgIpc) is 3.76. The predicted molar refractivity (Wildman–Crippen MR) is 184 cm³/mol. The van der Waals surface area contributed by atoms with Crippen LogP contribution < -0.4 is 31.6 Å². The van der Waals surface area contributed by atoms with Crippen molar-refractivity contribution in [2.24, 2.45) is 11.5 Å². The number of aryl methyl sites for hydroxylation is 2. The number of hydrogen-bond donors (Lipinski definition) is 5. The number of rotatable bonds is 15. The van der Waals surface area contributed by atoms with Crippen molar-refractivity contribution in [1.82, 2.24) is 28.9 Å². The Morgan fingerprint density at radius 1 is 0.878 bits per heavy atom. The number of nitrogens with one attached hydrogen (secondary N) is 2. The summed E-state index contributed by atoms with van der Waals surface area (Å²) in [5.74, 6) is -0.201. The molecule has 16 nitrogen and oxygen atoms in total. The van der Waals surface area contributed by atoms with Crippen LogP contribution in [-0.4, -0.2) is 79.1 Å². The Hall–Kier alpha value is -6.16. The van der Waals surface area contributed by atoms with E-state index in [1.807, 2.05) is 30.6 Å². The Bertz CT molecular complexity index is 2110. The van der Waals surface area contributed by atoms with Crippen LogP contribution in [-0.2, 0) is 19.6 Å². The van der Waals surface area contributed by atoms with Crippen LogP contribution in [0.4, 0.5) is 11.9 Å². The highest BCUT2D eigenvalue weighted by molar-refractivity contribution is 6.04. The van der Waals surface area contributed by atoms with Crippen LogP contribution in [0.25, 0.3) is 22.1 Å². The fraction of sp³-hybridized carbons (Fsp3) is 0.273. The molecule has 3 amide bonds. The van der Waals surface area contributed by atoms with Gasteiger partial charge in [0, 0.05) is 37.8 Å². The van der Waals surface area contributed by atoms with E-state index in [-0.39, 0.29) is 36.8 Å². The number of ether oxygens (including phenoxy) is 2. The van der Waals surface area contributed by atoms with Crippen molar-refractivity contribution in [3.63, 3.8) is 0 Å². The fourth-order valence-electron chi connectivity index (χ4n) is 5.43. The van der Waals surface area contributed by atoms with Crippen LogP contribution in [0.1, 0.15) is 43.8 Å². The van der Waals surface area contributed by atoms with E-state index in [0.29, 0.717) is 64.0 Å². The van der Waals surface area contributed by atoms with Crippen LogP contribution in [0.3, 0.4) is 0 Å². The summed E-state index contributed by atoms with van der Waals surface area (Å²) in [5.41, 5.74) is 14.7. The average molecular weight is 671 g/mol. The first kappa shape index (κ1) is 34.2. The van der Waals surface area contributed by atoms with Crippen molar-refractivity contribution >= 4 is 51.7 Å². The maximum Gasteiger partial charge on any atom is 0.276 e. The van der Waals surface area contributed by atoms with E-state index in [2.05, 4.69) is 25.7 Å². The summed E-state index contributed by atoms with van der Waals surface area (Å²) in [6.45, 7) is 4.79. The number of nitrogens with two attached hydrogens (primary N) is 2. The molecule has 16 heteroatoms. The zero-order valence-corrected chi connectivity index (χ0v) is 27.6. The van der Waals surface area contributed by atoms with Crippen LogP contribution >= 0.6 is 0 Å². The van der Waals surface area contributed by atoms with Crippen LogP contribution in [0.2, 0.25) is 0 Å². The largest absolute Gasteiger partial charge is 0.494 e. The lowest BCUT2D eigenvalue weighted by atomic mass is 10.1. The molecular formula is C33H38N10O6. The van der Waals surface area contributed by atoms with Gasteiger partial charge in [-0.1, -0.05) is 18.2 Å². The van der Waals surface area contributed by atoms with E-state index in [1.165, 1.54) is 13.2 Å². The van der Waals surface area contributed by atoms with Crippen LogP contribution in [0.5, 0.6) is 11.5 Å². The molecule has 5 aromatic rings. The number of anilines is 2. The molecule has 256 valence electrons. The predicted octanol–water partition coefficient (Wildman–Crippen LogP) is 2.59. The standard InChI is InChI=1S/C33H38N10O6/c1-5-43-24(14-19(2)40-43)31(47)39-33-38-22-15-20(29(34)45)17-25(48-4)27(22)42(33)11-7-6-10-41-28-23(37-32(41)36-3)16-21(30(35)46)18-26(28)49-13-9-8-12-44/h6-9,14-18,44H,5,10-13H2,1-4H3,(H2,34,45)(H2,35,46)(H,36,37)(H,38,39,47)/b7-6+,9-8+. The minimum atomic E-state index is -0.647. The Kier molecular flexibility index (Phi) is 10.3. The number of aliphatic hydroxyl groups excluding tert-OH is 1. The first-order valence-corrected chi connectivity index (χ1v) is 15.4. The lowest BCUT2D eigenvalue weighted by Crippen LogP contribution is -2.20. The molecule has 3 aromatic heterocycles. The van der Waals surface area contributed by atoms with Gasteiger partial charge in [-0.25, -0.2) is 9.97 Å². The van der Waals surface area contributed by atoms with E-state index in [1.54, 1.807) is 52.7 Å². The minimum absolute atomic E-state index is 0.133. The molecule has 7 N–H and O–H groups in total. The normalized spacial score (nSPS) is 11.6. The van der Waals surface area contributed by atoms with Crippen molar-refractivity contribution < 1.29 is 29.0 Å². The van der Waals surface area contributed by atoms with E-state index in [4.69, 9.17) is 26.0 Å². The first-order valence-electron chi connectivity index (χ1n) is 15.4. The molecule has 5 rings (SSSR count).